The smallest absolute Gasteiger partial charge is 0.191 e. The molecule has 0 saturated heterocycles. The van der Waals surface area contributed by atoms with Gasteiger partial charge in [-0.3, -0.25) is 4.99 Å². The minimum Gasteiger partial charge on any atom is -0.356 e. The highest BCUT2D eigenvalue weighted by atomic mass is 127. The van der Waals surface area contributed by atoms with Gasteiger partial charge in [-0.2, -0.15) is 0 Å². The number of aliphatic imine (C=N–C) groups is 1. The average molecular weight is 522 g/mol. The van der Waals surface area contributed by atoms with Crippen molar-refractivity contribution in [3.05, 3.63) is 35.4 Å². The Hall–Kier alpha value is -0.830. The first-order chi connectivity index (χ1) is 12.7. The molecule has 2 N–H and O–H groups in total. The van der Waals surface area contributed by atoms with E-state index in [1.54, 1.807) is 7.05 Å². The van der Waals surface area contributed by atoms with Crippen LogP contribution in [0.1, 0.15) is 56.6 Å². The predicted octanol–water partition coefficient (Wildman–Crippen LogP) is 3.80. The second kappa shape index (κ2) is 11.4. The lowest BCUT2D eigenvalue weighted by molar-refractivity contribution is 0.291. The molecular weight excluding hydrogens is 485 g/mol. The largest absolute Gasteiger partial charge is 0.356 e. The van der Waals surface area contributed by atoms with Gasteiger partial charge in [0.25, 0.3) is 0 Å². The average Bonchev–Trinajstić information content (AvgIpc) is 2.63. The number of rotatable bonds is 7. The molecule has 28 heavy (non-hydrogen) atoms. The molecule has 2 rings (SSSR count). The van der Waals surface area contributed by atoms with Crippen molar-refractivity contribution in [2.24, 2.45) is 4.99 Å². The Morgan fingerprint density at radius 3 is 2.50 bits per heavy atom. The molecule has 1 atom stereocenters. The number of halogens is 1. The summed E-state index contributed by atoms with van der Waals surface area (Å²) in [7, 11) is -1.18. The molecule has 1 saturated carbocycles. The normalized spacial score (nSPS) is 18.1. The zero-order valence-electron chi connectivity index (χ0n) is 17.6. The van der Waals surface area contributed by atoms with E-state index in [4.69, 9.17) is 0 Å². The third kappa shape index (κ3) is 7.89. The van der Waals surface area contributed by atoms with Crippen LogP contribution in [0, 0.1) is 6.92 Å². The van der Waals surface area contributed by atoms with E-state index in [-0.39, 0.29) is 41.2 Å². The van der Waals surface area contributed by atoms with Crippen LogP contribution in [0.4, 0.5) is 0 Å². The highest BCUT2D eigenvalue weighted by Gasteiger charge is 2.34. The number of nitrogens with zero attached hydrogens (tertiary/aromatic N) is 1. The summed E-state index contributed by atoms with van der Waals surface area (Å²) < 4.78 is 22.8. The maximum atomic E-state index is 11.4. The second-order valence-corrected chi connectivity index (χ2v) is 10.4. The predicted molar refractivity (Wildman–Crippen MR) is 130 cm³/mol. The van der Waals surface area contributed by atoms with Crippen molar-refractivity contribution in [1.29, 1.82) is 0 Å². The molecule has 5 nitrogen and oxygen atoms in total. The van der Waals surface area contributed by atoms with E-state index in [0.717, 1.165) is 12.5 Å². The van der Waals surface area contributed by atoms with Crippen molar-refractivity contribution in [3.63, 3.8) is 0 Å². The monoisotopic (exact) mass is 521 g/mol. The van der Waals surface area contributed by atoms with Gasteiger partial charge in [-0.25, -0.2) is 8.42 Å². The van der Waals surface area contributed by atoms with Crippen LogP contribution in [0.15, 0.2) is 29.3 Å². The van der Waals surface area contributed by atoms with Crippen LogP contribution in [-0.4, -0.2) is 46.0 Å². The third-order valence-corrected chi connectivity index (χ3v) is 6.54. The number of sulfone groups is 1. The van der Waals surface area contributed by atoms with E-state index < -0.39 is 9.84 Å². The summed E-state index contributed by atoms with van der Waals surface area (Å²) in [6, 6.07) is 8.92. The minimum absolute atomic E-state index is 0. The Labute approximate surface area is 188 Å². The highest BCUT2D eigenvalue weighted by molar-refractivity contribution is 14.0. The van der Waals surface area contributed by atoms with Gasteiger partial charge in [0.2, 0.25) is 0 Å². The Bertz CT molecular complexity index is 744. The lowest BCUT2D eigenvalue weighted by Crippen LogP contribution is -2.48. The van der Waals surface area contributed by atoms with Gasteiger partial charge in [0, 0.05) is 31.3 Å². The van der Waals surface area contributed by atoms with Gasteiger partial charge in [-0.15, -0.1) is 24.0 Å². The van der Waals surface area contributed by atoms with Gasteiger partial charge in [-0.05, 0) is 38.7 Å². The molecule has 1 aromatic rings. The number of benzene rings is 1. The molecule has 1 fully saturated rings. The molecule has 0 aromatic heterocycles. The molecule has 0 amide bonds. The van der Waals surface area contributed by atoms with Crippen molar-refractivity contribution in [1.82, 2.24) is 10.6 Å². The van der Waals surface area contributed by atoms with Gasteiger partial charge >= 0.3 is 0 Å². The SMILES string of the molecule is CN=C(NCC1(c2cccc(C)c2)CCCCC1)NC(C)CCS(C)(=O)=O.I. The summed E-state index contributed by atoms with van der Waals surface area (Å²) >= 11 is 0. The van der Waals surface area contributed by atoms with E-state index in [0.29, 0.717) is 6.42 Å². The fourth-order valence-corrected chi connectivity index (χ4v) is 4.70. The Balaban J connectivity index is 0.00000392. The lowest BCUT2D eigenvalue weighted by atomic mass is 9.69. The van der Waals surface area contributed by atoms with E-state index in [1.165, 1.54) is 49.5 Å². The molecule has 1 aromatic carbocycles. The molecule has 160 valence electrons. The summed E-state index contributed by atoms with van der Waals surface area (Å²) in [5.41, 5.74) is 2.85. The molecule has 7 heteroatoms. The van der Waals surface area contributed by atoms with Crippen LogP contribution in [0.3, 0.4) is 0 Å². The molecule has 0 radical (unpaired) electrons. The molecule has 1 aliphatic carbocycles. The minimum atomic E-state index is -2.94. The Kier molecular flexibility index (Phi) is 10.2. The number of aryl methyl sites for hydroxylation is 1. The fraction of sp³-hybridized carbons (Fsp3) is 0.667. The maximum Gasteiger partial charge on any atom is 0.191 e. The first kappa shape index (κ1) is 25.2. The number of nitrogens with one attached hydrogen (secondary N) is 2. The van der Waals surface area contributed by atoms with Crippen molar-refractivity contribution in [3.8, 4) is 0 Å². The number of hydrogen-bond donors (Lipinski definition) is 2. The lowest BCUT2D eigenvalue weighted by Gasteiger charge is -2.39. The van der Waals surface area contributed by atoms with Crippen LogP contribution in [0.25, 0.3) is 0 Å². The summed E-state index contributed by atoms with van der Waals surface area (Å²) in [6.45, 7) is 4.99. The van der Waals surface area contributed by atoms with Crippen LogP contribution in [-0.2, 0) is 15.3 Å². The first-order valence-corrected chi connectivity index (χ1v) is 12.0. The highest BCUT2D eigenvalue weighted by Crippen LogP contribution is 2.39. The zero-order valence-corrected chi connectivity index (χ0v) is 20.8. The van der Waals surface area contributed by atoms with Gasteiger partial charge in [-0.1, -0.05) is 49.1 Å². The standard InChI is InChI=1S/C21H35N3O2S.HI/c1-17-9-8-10-19(15-17)21(12-6-5-7-13-21)16-23-20(22-3)24-18(2)11-14-27(4,25)26;/h8-10,15,18H,5-7,11-14,16H2,1-4H3,(H2,22,23,24);1H. The number of hydrogen-bond acceptors (Lipinski definition) is 3. The quantitative estimate of drug-likeness (QED) is 0.326. The molecular formula is C21H36IN3O2S. The molecule has 1 aliphatic rings. The van der Waals surface area contributed by atoms with Crippen molar-refractivity contribution in [2.45, 2.75) is 63.8 Å². The van der Waals surface area contributed by atoms with Crippen LogP contribution in [0.2, 0.25) is 0 Å². The molecule has 0 bridgehead atoms. The van der Waals surface area contributed by atoms with E-state index in [9.17, 15) is 8.42 Å². The van der Waals surface area contributed by atoms with E-state index >= 15 is 0 Å². The molecule has 1 unspecified atom stereocenters. The van der Waals surface area contributed by atoms with Crippen LogP contribution < -0.4 is 10.6 Å². The second-order valence-electron chi connectivity index (χ2n) is 8.10. The summed E-state index contributed by atoms with van der Waals surface area (Å²) in [5, 5.41) is 6.85. The summed E-state index contributed by atoms with van der Waals surface area (Å²) in [6.07, 6.45) is 8.04. The topological polar surface area (TPSA) is 70.6 Å². The zero-order chi connectivity index (χ0) is 19.9. The van der Waals surface area contributed by atoms with Gasteiger partial charge < -0.3 is 10.6 Å². The van der Waals surface area contributed by atoms with E-state index in [2.05, 4.69) is 46.8 Å². The fourth-order valence-electron chi connectivity index (χ4n) is 3.91. The molecule has 0 spiro atoms. The van der Waals surface area contributed by atoms with Crippen molar-refractivity contribution < 1.29 is 8.42 Å². The summed E-state index contributed by atoms with van der Waals surface area (Å²) in [5.74, 6) is 0.930. The maximum absolute atomic E-state index is 11.4. The van der Waals surface area contributed by atoms with E-state index in [1.807, 2.05) is 6.92 Å². The van der Waals surface area contributed by atoms with Crippen LogP contribution in [0.5, 0.6) is 0 Å². The van der Waals surface area contributed by atoms with Crippen molar-refractivity contribution in [2.75, 3.05) is 25.6 Å². The number of guanidine groups is 1. The Morgan fingerprint density at radius 2 is 1.93 bits per heavy atom. The van der Waals surface area contributed by atoms with Gasteiger partial charge in [0.15, 0.2) is 5.96 Å². The Morgan fingerprint density at radius 1 is 1.25 bits per heavy atom. The molecule has 0 aliphatic heterocycles. The summed E-state index contributed by atoms with van der Waals surface area (Å²) in [4.78, 5) is 4.34. The molecule has 0 heterocycles. The van der Waals surface area contributed by atoms with Gasteiger partial charge in [0.1, 0.15) is 9.84 Å². The van der Waals surface area contributed by atoms with Gasteiger partial charge in [0.05, 0.1) is 5.75 Å². The van der Waals surface area contributed by atoms with Crippen molar-refractivity contribution >= 4 is 39.8 Å². The van der Waals surface area contributed by atoms with Crippen LogP contribution >= 0.6 is 24.0 Å². The first-order valence-electron chi connectivity index (χ1n) is 9.96. The third-order valence-electron chi connectivity index (χ3n) is 5.56.